The number of carbonyl (C=O) groups excluding carboxylic acids is 2. The van der Waals surface area contributed by atoms with Gasteiger partial charge >= 0.3 is 6.03 Å². The fourth-order valence-corrected chi connectivity index (χ4v) is 4.90. The van der Waals surface area contributed by atoms with E-state index in [1.165, 1.54) is 11.5 Å². The number of anilines is 3. The van der Waals surface area contributed by atoms with E-state index in [9.17, 15) is 9.59 Å². The van der Waals surface area contributed by atoms with E-state index in [4.69, 9.17) is 0 Å². The van der Waals surface area contributed by atoms with Gasteiger partial charge in [-0.15, -0.1) is 0 Å². The van der Waals surface area contributed by atoms with Gasteiger partial charge < -0.3 is 20.0 Å². The minimum atomic E-state index is -0.103. The van der Waals surface area contributed by atoms with Crippen LogP contribution in [0.1, 0.15) is 12.5 Å². The first kappa shape index (κ1) is 20.4. The Hall–Kier alpha value is -3.46. The van der Waals surface area contributed by atoms with Crippen LogP contribution in [0, 0.1) is 0 Å². The van der Waals surface area contributed by atoms with Gasteiger partial charge in [0.1, 0.15) is 0 Å². The van der Waals surface area contributed by atoms with Gasteiger partial charge in [0.15, 0.2) is 5.82 Å². The fourth-order valence-electron chi connectivity index (χ4n) is 4.16. The Balaban J connectivity index is 1.18. The maximum Gasteiger partial charge on any atom is 0.321 e. The Kier molecular flexibility index (Phi) is 5.48. The molecule has 164 valence electrons. The van der Waals surface area contributed by atoms with E-state index in [0.29, 0.717) is 32.7 Å². The maximum atomic E-state index is 12.8. The molecular formula is C23H24N6O2S. The highest BCUT2D eigenvalue weighted by atomic mass is 32.1. The number of hydrogen-bond acceptors (Lipinski definition) is 6. The Morgan fingerprint density at radius 2 is 1.78 bits per heavy atom. The molecule has 0 atom stereocenters. The molecule has 3 amide bonds. The largest absolute Gasteiger partial charge is 0.343 e. The Bertz CT molecular complexity index is 1140. The van der Waals surface area contributed by atoms with E-state index in [2.05, 4.69) is 19.6 Å². The number of fused-ring (bicyclic) bond motifs is 1. The van der Waals surface area contributed by atoms with Gasteiger partial charge in [-0.1, -0.05) is 30.3 Å². The number of amides is 3. The summed E-state index contributed by atoms with van der Waals surface area (Å²) < 4.78 is 4.49. The number of urea groups is 1. The minimum Gasteiger partial charge on any atom is -0.343 e. The lowest BCUT2D eigenvalue weighted by molar-refractivity contribution is -0.116. The zero-order chi connectivity index (χ0) is 22.1. The van der Waals surface area contributed by atoms with Crippen LogP contribution < -0.4 is 15.1 Å². The van der Waals surface area contributed by atoms with E-state index >= 15 is 0 Å². The second-order valence-electron chi connectivity index (χ2n) is 7.93. The maximum absolute atomic E-state index is 12.8. The number of piperazine rings is 1. The van der Waals surface area contributed by atoms with Gasteiger partial charge in [0.2, 0.25) is 11.0 Å². The molecule has 1 N–H and O–H groups in total. The third-order valence-corrected chi connectivity index (χ3v) is 6.67. The van der Waals surface area contributed by atoms with E-state index < -0.39 is 0 Å². The molecule has 0 unspecified atom stereocenters. The molecule has 3 aromatic rings. The van der Waals surface area contributed by atoms with Crippen LogP contribution in [0.25, 0.3) is 11.4 Å². The first-order valence-corrected chi connectivity index (χ1v) is 11.5. The van der Waals surface area contributed by atoms with Crippen LogP contribution in [-0.2, 0) is 11.2 Å². The van der Waals surface area contributed by atoms with Crippen LogP contribution in [0.5, 0.6) is 0 Å². The molecule has 0 radical (unpaired) electrons. The molecule has 2 aromatic carbocycles. The molecule has 2 aliphatic rings. The number of carbonyl (C=O) groups is 2. The summed E-state index contributed by atoms with van der Waals surface area (Å²) in [5.41, 5.74) is 3.80. The van der Waals surface area contributed by atoms with Crippen LogP contribution in [0.4, 0.5) is 21.3 Å². The van der Waals surface area contributed by atoms with Crippen molar-refractivity contribution in [2.45, 2.75) is 13.3 Å². The van der Waals surface area contributed by atoms with Crippen molar-refractivity contribution < 1.29 is 9.59 Å². The summed E-state index contributed by atoms with van der Waals surface area (Å²) in [7, 11) is 0. The summed E-state index contributed by atoms with van der Waals surface area (Å²) >= 11 is 1.39. The van der Waals surface area contributed by atoms with Crippen molar-refractivity contribution in [1.29, 1.82) is 0 Å². The van der Waals surface area contributed by atoms with E-state index in [0.717, 1.165) is 39.9 Å². The van der Waals surface area contributed by atoms with Crippen molar-refractivity contribution in [3.8, 4) is 11.4 Å². The highest BCUT2D eigenvalue weighted by molar-refractivity contribution is 7.09. The number of aromatic nitrogens is 2. The molecule has 5 rings (SSSR count). The summed E-state index contributed by atoms with van der Waals surface area (Å²) in [5, 5.41) is 3.89. The molecule has 3 heterocycles. The average molecular weight is 449 g/mol. The average Bonchev–Trinajstić information content (AvgIpc) is 3.47. The van der Waals surface area contributed by atoms with Gasteiger partial charge in [-0.3, -0.25) is 4.79 Å². The smallest absolute Gasteiger partial charge is 0.321 e. The van der Waals surface area contributed by atoms with E-state index in [1.807, 2.05) is 53.4 Å². The zero-order valence-electron chi connectivity index (χ0n) is 17.8. The van der Waals surface area contributed by atoms with Crippen LogP contribution >= 0.6 is 11.5 Å². The van der Waals surface area contributed by atoms with Crippen molar-refractivity contribution in [1.82, 2.24) is 14.3 Å². The summed E-state index contributed by atoms with van der Waals surface area (Å²) in [6.07, 6.45) is 0.810. The fraction of sp³-hybridized carbons (Fsp3) is 0.304. The number of benzene rings is 2. The van der Waals surface area contributed by atoms with Crippen LogP contribution in [0.15, 0.2) is 48.5 Å². The van der Waals surface area contributed by atoms with Crippen LogP contribution in [0.3, 0.4) is 0 Å². The highest BCUT2D eigenvalue weighted by Crippen LogP contribution is 2.31. The third-order valence-electron chi connectivity index (χ3n) is 5.89. The predicted molar refractivity (Wildman–Crippen MR) is 126 cm³/mol. The second kappa shape index (κ2) is 8.58. The van der Waals surface area contributed by atoms with Crippen molar-refractivity contribution in [3.05, 3.63) is 54.1 Å². The zero-order valence-corrected chi connectivity index (χ0v) is 18.6. The Morgan fingerprint density at radius 3 is 2.53 bits per heavy atom. The quantitative estimate of drug-likeness (QED) is 0.664. The van der Waals surface area contributed by atoms with Gasteiger partial charge in [-0.2, -0.15) is 9.36 Å². The second-order valence-corrected chi connectivity index (χ2v) is 8.67. The SMILES string of the molecule is CC(=O)N1CCc2cc(NC(=O)N3CCN(c4nc(-c5ccccc5)ns4)CC3)ccc21. The summed E-state index contributed by atoms with van der Waals surface area (Å²) in [5.74, 6) is 0.787. The molecule has 32 heavy (non-hydrogen) atoms. The van der Waals surface area contributed by atoms with Gasteiger partial charge in [-0.05, 0) is 30.2 Å². The summed E-state index contributed by atoms with van der Waals surface area (Å²) in [4.78, 5) is 35.0. The monoisotopic (exact) mass is 448 g/mol. The van der Waals surface area contributed by atoms with Crippen molar-refractivity contribution in [2.75, 3.05) is 47.8 Å². The molecule has 0 spiro atoms. The molecule has 9 heteroatoms. The normalized spacial score (nSPS) is 15.6. The first-order valence-electron chi connectivity index (χ1n) is 10.7. The molecule has 1 fully saturated rings. The number of nitrogens with zero attached hydrogens (tertiary/aromatic N) is 5. The first-order chi connectivity index (χ1) is 15.6. The molecule has 0 aliphatic carbocycles. The molecule has 0 bridgehead atoms. The topological polar surface area (TPSA) is 81.7 Å². The van der Waals surface area contributed by atoms with Crippen LogP contribution in [0.2, 0.25) is 0 Å². The Morgan fingerprint density at radius 1 is 1.00 bits per heavy atom. The van der Waals surface area contributed by atoms with E-state index in [-0.39, 0.29) is 11.9 Å². The highest BCUT2D eigenvalue weighted by Gasteiger charge is 2.25. The molecule has 8 nitrogen and oxygen atoms in total. The third kappa shape index (κ3) is 4.03. The molecule has 1 saturated heterocycles. The van der Waals surface area contributed by atoms with Gasteiger partial charge in [0.05, 0.1) is 0 Å². The lowest BCUT2D eigenvalue weighted by atomic mass is 10.1. The standard InChI is InChI=1S/C23H24N6O2S/c1-16(30)29-10-9-18-15-19(7-8-20(18)29)24-22(31)27-11-13-28(14-12-27)23-25-21(26-32-23)17-5-3-2-4-6-17/h2-8,15H,9-14H2,1H3,(H,24,31). The van der Waals surface area contributed by atoms with Gasteiger partial charge in [0, 0.05) is 68.1 Å². The number of rotatable bonds is 3. The molecule has 2 aliphatic heterocycles. The molecular weight excluding hydrogens is 424 g/mol. The number of nitrogens with one attached hydrogen (secondary N) is 1. The Labute approximate surface area is 190 Å². The van der Waals surface area contributed by atoms with Gasteiger partial charge in [-0.25, -0.2) is 4.79 Å². The van der Waals surface area contributed by atoms with Crippen LogP contribution in [-0.4, -0.2) is 58.9 Å². The van der Waals surface area contributed by atoms with Crippen molar-refractivity contribution in [3.63, 3.8) is 0 Å². The van der Waals surface area contributed by atoms with E-state index in [1.54, 1.807) is 11.8 Å². The van der Waals surface area contributed by atoms with Gasteiger partial charge in [0.25, 0.3) is 0 Å². The predicted octanol–water partition coefficient (Wildman–Crippen LogP) is 3.47. The lowest BCUT2D eigenvalue weighted by Gasteiger charge is -2.34. The summed E-state index contributed by atoms with van der Waals surface area (Å²) in [6.45, 7) is 4.95. The minimum absolute atomic E-state index is 0.0460. The number of hydrogen-bond donors (Lipinski definition) is 1. The lowest BCUT2D eigenvalue weighted by Crippen LogP contribution is -2.50. The van der Waals surface area contributed by atoms with Crippen molar-refractivity contribution in [2.24, 2.45) is 0 Å². The summed E-state index contributed by atoms with van der Waals surface area (Å²) in [6, 6.07) is 15.6. The molecule has 1 aromatic heterocycles. The molecule has 0 saturated carbocycles. The van der Waals surface area contributed by atoms with Crippen molar-refractivity contribution >= 4 is 40.0 Å².